The van der Waals surface area contributed by atoms with Gasteiger partial charge in [0.2, 0.25) is 23.6 Å². The van der Waals surface area contributed by atoms with Crippen LogP contribution in [0.4, 0.5) is 9.59 Å². The standard InChI is InChI=1S/C36H45BrN4O10.C30H40BrN3O9S.C12H10BrNO4.CH2O3.B6.Cs/c1-8-19-17-36(19,33(45)49-7)40-30(42)24-15-21(18-41(24)31(43)29(35(2,3)4)39-34(46)51-20-11-9-10-12-20)50-26-16-23(32(44)48-6)38-28-22(26)13-14-25(47-5)27(28)37;1-6-18-16-30(18,27(37)41-5)33-25(35)23-15-21(43-44(39,40)22-13-11-19(31)12-14-22)17-34(23)26(36)24(29(2,3)4)32-28(38)42-20-9-7-8-10-20;1-17-9-4-3-6-8(15)5-7(12(16)18-2)14-11(6)10(9)13;2-1-4-3;1-5(2)6(3)4;/h8,13-14,16,19-21,24,29H,1,9-12,15,17-18H2,2-7H3,(H,39,46)(H,40,42);6,11-14,18,20-21,23-24H,1,7-10,15-17H2,2-5H3,(H,32,38)(H,33,35);3-5H,1-2H3,(H,14,15);1,3H;;/q;;;;;+1/p-1/t19-,21-,24?,29-,36-;18-,21+,23?,24-,30-;;;;/m11..../s1. The first-order chi connectivity index (χ1) is 57.9. The molecular weight excluding hydrogens is 1950 g/mol. The number of benzene rings is 3. The van der Waals surface area contributed by atoms with Crippen molar-refractivity contribution in [3.63, 3.8) is 0 Å². The summed E-state index contributed by atoms with van der Waals surface area (Å²) in [5, 5.41) is 20.5. The molecule has 124 heavy (non-hydrogen) atoms. The molecule has 2 saturated heterocycles. The summed E-state index contributed by atoms with van der Waals surface area (Å²) in [5.74, 6) is -4.39. The Morgan fingerprint density at radius 2 is 1.04 bits per heavy atom. The average Bonchev–Trinajstić information content (AvgIpc) is 1.58. The smallest absolute Gasteiger partial charge is 0.662 e. The minimum absolute atomic E-state index is 0. The number of H-pyrrole nitrogens is 1. The second-order valence-electron chi connectivity index (χ2n) is 31.7. The fourth-order valence-electron chi connectivity index (χ4n) is 14.3. The number of carbonyl (C=O) groups excluding carboxylic acids is 11. The van der Waals surface area contributed by atoms with Crippen LogP contribution in [0.15, 0.2) is 109 Å². The van der Waals surface area contributed by atoms with Gasteiger partial charge >= 0.3 is 105 Å². The van der Waals surface area contributed by atoms with Gasteiger partial charge in [-0.25, -0.2) is 33.8 Å². The van der Waals surface area contributed by atoms with Gasteiger partial charge in [-0.05, 0) is 155 Å². The first-order valence-electron chi connectivity index (χ1n) is 38.9. The van der Waals surface area contributed by atoms with Gasteiger partial charge in [-0.15, -0.1) is 13.2 Å². The van der Waals surface area contributed by atoms with Crippen LogP contribution in [-0.4, -0.2) is 253 Å². The van der Waals surface area contributed by atoms with Gasteiger partial charge in [0.25, 0.3) is 16.6 Å². The van der Waals surface area contributed by atoms with Crippen molar-refractivity contribution in [3.05, 3.63) is 121 Å². The third kappa shape index (κ3) is 26.9. The van der Waals surface area contributed by atoms with Crippen molar-refractivity contribution >= 4 is 190 Å². The molecule has 8 radical (unpaired) electrons. The number of aromatic amines is 1. The van der Waals surface area contributed by atoms with Gasteiger partial charge in [-0.1, -0.05) is 69.6 Å². The average molecular weight is 2040 g/mol. The van der Waals surface area contributed by atoms with Crippen LogP contribution in [0.25, 0.3) is 21.8 Å². The quantitative estimate of drug-likeness (QED) is 0.00819. The minimum atomic E-state index is -4.26. The van der Waals surface area contributed by atoms with Gasteiger partial charge in [0, 0.05) is 102 Å². The van der Waals surface area contributed by atoms with Crippen LogP contribution in [0.3, 0.4) is 0 Å². The van der Waals surface area contributed by atoms with Crippen molar-refractivity contribution < 1.29 is 187 Å². The fourth-order valence-corrected chi connectivity index (χ4v) is 16.8. The molecule has 3 aromatic carbocycles. The maximum Gasteiger partial charge on any atom is 1.00 e. The number of hydrogen-bond acceptors (Lipinski definition) is 27. The number of esters is 4. The first-order valence-corrected chi connectivity index (χ1v) is 42.7. The molecule has 2 unspecified atom stereocenters. The number of rotatable bonds is 25. The number of halogens is 3. The van der Waals surface area contributed by atoms with E-state index in [0.29, 0.717) is 53.1 Å². The van der Waals surface area contributed by atoms with Crippen molar-refractivity contribution in [3.8, 4) is 17.2 Å². The number of alkyl carbamates (subject to hydrolysis) is 2. The Labute approximate surface area is 809 Å². The van der Waals surface area contributed by atoms with Gasteiger partial charge in [-0.3, -0.25) is 33.0 Å². The molecule has 5 aromatic rings. The Kier molecular flexibility index (Phi) is 39.6. The van der Waals surface area contributed by atoms with E-state index in [0.717, 1.165) is 51.4 Å². The van der Waals surface area contributed by atoms with Gasteiger partial charge in [-0.2, -0.15) is 8.42 Å². The van der Waals surface area contributed by atoms with Gasteiger partial charge in [0.15, 0.2) is 11.1 Å². The molecule has 654 valence electrons. The van der Waals surface area contributed by atoms with Crippen LogP contribution in [-0.2, 0) is 81.2 Å². The second-order valence-corrected chi connectivity index (χ2v) is 35.8. The Morgan fingerprint density at radius 3 is 1.44 bits per heavy atom. The molecule has 2 aliphatic heterocycles. The summed E-state index contributed by atoms with van der Waals surface area (Å²) in [6.45, 7) is 17.7. The third-order valence-electron chi connectivity index (χ3n) is 21.1. The van der Waals surface area contributed by atoms with E-state index in [-0.39, 0.29) is 159 Å². The monoisotopic (exact) mass is 2040 g/mol. The van der Waals surface area contributed by atoms with Crippen LogP contribution in [0.5, 0.6) is 17.2 Å². The molecular formula is C79H96B6Br3CsN8O26S. The number of ether oxygens (including phenoxy) is 9. The van der Waals surface area contributed by atoms with Crippen LogP contribution in [0, 0.1) is 22.7 Å². The Bertz CT molecular complexity index is 4900. The largest absolute Gasteiger partial charge is 1.00 e. The van der Waals surface area contributed by atoms with E-state index >= 15 is 0 Å². The van der Waals surface area contributed by atoms with Gasteiger partial charge < -0.3 is 88.8 Å². The molecule has 0 spiro atoms. The Balaban J connectivity index is 0.000000293. The number of nitrogens with one attached hydrogen (secondary N) is 5. The maximum atomic E-state index is 14.5. The summed E-state index contributed by atoms with van der Waals surface area (Å²) < 4.78 is 81.2. The zero-order valence-electron chi connectivity index (χ0n) is 71.1. The second kappa shape index (κ2) is 46.6. The van der Waals surface area contributed by atoms with Crippen molar-refractivity contribution in [2.45, 2.75) is 183 Å². The Morgan fingerprint density at radius 1 is 0.613 bits per heavy atom. The first kappa shape index (κ1) is 105. The molecule has 5 N–H and O–H groups in total. The number of amides is 6. The van der Waals surface area contributed by atoms with Crippen molar-refractivity contribution in [1.82, 2.24) is 41.0 Å². The summed E-state index contributed by atoms with van der Waals surface area (Å²) in [6.07, 6.45) is 5.43. The van der Waals surface area contributed by atoms with Crippen molar-refractivity contribution in [2.24, 2.45) is 22.7 Å². The Hall–Kier alpha value is -7.32. The van der Waals surface area contributed by atoms with E-state index in [9.17, 15) is 61.2 Å². The van der Waals surface area contributed by atoms with Crippen LogP contribution in [0.1, 0.15) is 140 Å². The van der Waals surface area contributed by atoms with E-state index in [2.05, 4.69) is 102 Å². The number of nitrogens with zero attached hydrogens (tertiary/aromatic N) is 3. The summed E-state index contributed by atoms with van der Waals surface area (Å²) >= 11 is 10.1. The molecule has 6 fully saturated rings. The van der Waals surface area contributed by atoms with Crippen molar-refractivity contribution in [1.29, 1.82) is 0 Å². The predicted molar refractivity (Wildman–Crippen MR) is 463 cm³/mol. The number of carbonyl (C=O) groups is 11. The zero-order valence-corrected chi connectivity index (χ0v) is 82.9. The number of likely N-dealkylation sites (tertiary alicyclic amines) is 2. The summed E-state index contributed by atoms with van der Waals surface area (Å²) in [7, 11) is 23.6. The molecule has 4 saturated carbocycles. The molecule has 4 heterocycles. The van der Waals surface area contributed by atoms with Gasteiger partial charge in [0.1, 0.15) is 76.5 Å². The fraction of sp³-hybridized carbons (Fsp3) is 0.506. The van der Waals surface area contributed by atoms with Crippen molar-refractivity contribution in [2.75, 3.05) is 55.7 Å². The summed E-state index contributed by atoms with van der Waals surface area (Å²) in [5.41, 5.74) is -3.56. The van der Waals surface area contributed by atoms with E-state index in [1.165, 1.54) is 76.7 Å². The molecule has 0 bridgehead atoms. The summed E-state index contributed by atoms with van der Waals surface area (Å²) in [4.78, 5) is 165. The zero-order chi connectivity index (χ0) is 91.6. The number of aromatic nitrogens is 2. The molecule has 34 nitrogen and oxygen atoms in total. The molecule has 6 amide bonds. The van der Waals surface area contributed by atoms with Crippen LogP contribution in [0.2, 0.25) is 0 Å². The molecule has 6 aliphatic rings. The number of fused-ring (bicyclic) bond motifs is 2. The molecule has 4 aliphatic carbocycles. The van der Waals surface area contributed by atoms with Crippen LogP contribution >= 0.6 is 47.8 Å². The number of hydrogen-bond donors (Lipinski definition) is 5. The normalized spacial score (nSPS) is 21.0. The van der Waals surface area contributed by atoms with E-state index < -0.39 is 141 Å². The molecule has 11 rings (SSSR count). The molecule has 45 heteroatoms. The predicted octanol–water partition coefficient (Wildman–Crippen LogP) is 3.14. The molecule has 2 aromatic heterocycles. The summed E-state index contributed by atoms with van der Waals surface area (Å²) in [6, 6.07) is 10.8. The SMILES string of the molecule is C=C[C@@H]1C[C@]1(NC(=O)C1C[C@@H](Oc2cc(C(=O)OC)nc3c(Br)c(OC)ccc23)CN1C(=O)[C@@H](NC(=O)OC1CCCC1)C(C)(C)C)C(=O)OC.C=C[C@@H]1C[C@]1(NC(=O)C1C[C@H](OS(=O)(=O)c2ccc(Br)cc2)CN1C(=O)[C@@H](NC(=O)OC1CCCC1)C(C)(C)C)C(=O)OC.COC(=O)c1cc(=O)c2ccc(OC)c(Br)c2[nH]1.O=CO[O-].[B]B([B])B([B])[B].[Cs+]. The minimum Gasteiger partial charge on any atom is -0.662 e. The molecule has 10 atom stereocenters. The maximum absolute atomic E-state index is 14.5. The third-order valence-corrected chi connectivity index (χ3v) is 24.6. The number of methoxy groups -OCH3 is 6. The van der Waals surface area contributed by atoms with E-state index in [4.69, 9.17) is 83.1 Å². The van der Waals surface area contributed by atoms with E-state index in [1.54, 1.807) is 90.1 Å². The topological polar surface area (TPSA) is 447 Å². The number of pyridine rings is 2. The van der Waals surface area contributed by atoms with E-state index in [1.807, 2.05) is 0 Å². The van der Waals surface area contributed by atoms with Gasteiger partial charge in [0.05, 0.1) is 80.2 Å². The van der Waals surface area contributed by atoms with Crippen LogP contribution < -0.4 is 115 Å².